The van der Waals surface area contributed by atoms with E-state index in [2.05, 4.69) is 20.3 Å². The number of hydrogen-bond donors (Lipinski definition) is 1. The van der Waals surface area contributed by atoms with Gasteiger partial charge in [-0.2, -0.15) is 4.98 Å². The lowest BCUT2D eigenvalue weighted by atomic mass is 10.2. The number of nitrogens with one attached hydrogen (secondary N) is 1. The fourth-order valence-corrected chi connectivity index (χ4v) is 3.83. The molecule has 33 heavy (non-hydrogen) atoms. The number of pyridine rings is 2. The third-order valence-corrected chi connectivity index (χ3v) is 5.72. The second kappa shape index (κ2) is 9.28. The second-order valence-corrected chi connectivity index (χ2v) is 7.71. The fourth-order valence-electron chi connectivity index (χ4n) is 3.56. The molecule has 1 aliphatic heterocycles. The van der Waals surface area contributed by atoms with E-state index in [1.54, 1.807) is 22.9 Å². The number of aromatic nitrogens is 4. The van der Waals surface area contributed by atoms with E-state index in [9.17, 15) is 19.5 Å². The molecule has 1 amide bonds. The van der Waals surface area contributed by atoms with Gasteiger partial charge in [-0.05, 0) is 31.3 Å². The number of piperazine rings is 1. The van der Waals surface area contributed by atoms with Crippen molar-refractivity contribution in [1.82, 2.24) is 29.7 Å². The first-order valence-corrected chi connectivity index (χ1v) is 10.7. The highest BCUT2D eigenvalue weighted by Gasteiger charge is 2.23. The van der Waals surface area contributed by atoms with E-state index in [1.807, 2.05) is 16.7 Å². The average Bonchev–Trinajstić information content (AvgIpc) is 2.84. The number of amides is 1. The standard InChI is InChI=1S/C21H21N7O4S/c1-2-26-12-15(19(31)32)16(29)14-11-23-20(24-17(14)26)27-6-8-28(9-7-27)21(33)25-18(30)13-4-3-5-22-10-13/h3-5,10-12H,2,6-9H2,1H3,(H,31,32)(H,25,30,33)/p-1. The summed E-state index contributed by atoms with van der Waals surface area (Å²) in [5, 5.41) is 14.4. The summed E-state index contributed by atoms with van der Waals surface area (Å²) in [5.41, 5.74) is -0.303. The molecule has 1 saturated heterocycles. The summed E-state index contributed by atoms with van der Waals surface area (Å²) >= 11 is 5.38. The Hall–Kier alpha value is -3.93. The molecule has 11 nitrogen and oxygen atoms in total. The molecule has 3 aromatic heterocycles. The van der Waals surface area contributed by atoms with E-state index in [-0.39, 0.29) is 11.3 Å². The Morgan fingerprint density at radius 1 is 1.21 bits per heavy atom. The van der Waals surface area contributed by atoms with Crippen molar-refractivity contribution >= 4 is 46.2 Å². The highest BCUT2D eigenvalue weighted by Crippen LogP contribution is 2.16. The van der Waals surface area contributed by atoms with Crippen LogP contribution in [0.3, 0.4) is 0 Å². The number of rotatable bonds is 4. The fraction of sp³-hybridized carbons (Fsp3) is 0.286. The maximum atomic E-state index is 12.4. The van der Waals surface area contributed by atoms with Gasteiger partial charge in [0.2, 0.25) is 11.4 Å². The highest BCUT2D eigenvalue weighted by atomic mass is 32.1. The maximum Gasteiger partial charge on any atom is 0.258 e. The molecule has 12 heteroatoms. The van der Waals surface area contributed by atoms with Gasteiger partial charge in [0.05, 0.1) is 22.5 Å². The Morgan fingerprint density at radius 3 is 2.61 bits per heavy atom. The van der Waals surface area contributed by atoms with Crippen LogP contribution in [0.5, 0.6) is 0 Å². The summed E-state index contributed by atoms with van der Waals surface area (Å²) in [7, 11) is 0. The van der Waals surface area contributed by atoms with Crippen LogP contribution in [0.25, 0.3) is 11.0 Å². The smallest absolute Gasteiger partial charge is 0.258 e. The van der Waals surface area contributed by atoms with Crippen molar-refractivity contribution in [2.75, 3.05) is 31.1 Å². The molecule has 0 spiro atoms. The Kier molecular flexibility index (Phi) is 6.27. The quantitative estimate of drug-likeness (QED) is 0.497. The summed E-state index contributed by atoms with van der Waals surface area (Å²) in [4.78, 5) is 52.6. The van der Waals surface area contributed by atoms with Crippen LogP contribution in [0.2, 0.25) is 0 Å². The van der Waals surface area contributed by atoms with Gasteiger partial charge in [-0.1, -0.05) is 0 Å². The molecule has 0 saturated carbocycles. The predicted octanol–water partition coefficient (Wildman–Crippen LogP) is -0.593. The Balaban J connectivity index is 1.47. The monoisotopic (exact) mass is 466 g/mol. The first-order valence-electron chi connectivity index (χ1n) is 10.3. The van der Waals surface area contributed by atoms with Crippen molar-refractivity contribution in [3.8, 4) is 0 Å². The Morgan fingerprint density at radius 2 is 1.97 bits per heavy atom. The number of carbonyl (C=O) groups is 2. The zero-order valence-electron chi connectivity index (χ0n) is 17.7. The van der Waals surface area contributed by atoms with Crippen LogP contribution in [0.4, 0.5) is 5.95 Å². The van der Waals surface area contributed by atoms with Crippen LogP contribution in [0.15, 0.2) is 41.7 Å². The number of thiocarbonyl (C=S) groups is 1. The summed E-state index contributed by atoms with van der Waals surface area (Å²) < 4.78 is 1.59. The van der Waals surface area contributed by atoms with Crippen LogP contribution < -0.4 is 20.8 Å². The Labute approximate surface area is 193 Å². The maximum absolute atomic E-state index is 12.4. The zero-order valence-corrected chi connectivity index (χ0v) is 18.5. The molecule has 0 radical (unpaired) electrons. The number of carbonyl (C=O) groups excluding carboxylic acids is 2. The topological polar surface area (TPSA) is 136 Å². The molecule has 0 aliphatic carbocycles. The molecule has 1 aliphatic rings. The molecule has 3 aromatic rings. The summed E-state index contributed by atoms with van der Waals surface area (Å²) in [6, 6.07) is 3.34. The van der Waals surface area contributed by atoms with Crippen LogP contribution in [-0.4, -0.2) is 67.6 Å². The molecule has 0 bridgehead atoms. The van der Waals surface area contributed by atoms with Gasteiger partial charge in [0.1, 0.15) is 5.65 Å². The number of fused-ring (bicyclic) bond motifs is 1. The van der Waals surface area contributed by atoms with Gasteiger partial charge in [-0.15, -0.1) is 0 Å². The minimum absolute atomic E-state index is 0.125. The van der Waals surface area contributed by atoms with E-state index < -0.39 is 17.0 Å². The van der Waals surface area contributed by atoms with Crippen LogP contribution in [-0.2, 0) is 6.54 Å². The van der Waals surface area contributed by atoms with Crippen molar-refractivity contribution in [2.45, 2.75) is 13.5 Å². The molecule has 4 heterocycles. The van der Waals surface area contributed by atoms with Crippen molar-refractivity contribution in [1.29, 1.82) is 0 Å². The number of nitrogens with zero attached hydrogens (tertiary/aromatic N) is 6. The largest absolute Gasteiger partial charge is 0.545 e. The zero-order chi connectivity index (χ0) is 23.5. The number of aromatic carboxylic acids is 1. The molecule has 1 N–H and O–H groups in total. The third kappa shape index (κ3) is 4.51. The van der Waals surface area contributed by atoms with Gasteiger partial charge in [0.15, 0.2) is 5.11 Å². The van der Waals surface area contributed by atoms with Gasteiger partial charge in [-0.25, -0.2) is 4.98 Å². The van der Waals surface area contributed by atoms with Gasteiger partial charge in [0, 0.05) is 57.5 Å². The second-order valence-electron chi connectivity index (χ2n) is 7.33. The van der Waals surface area contributed by atoms with E-state index in [1.165, 1.54) is 18.6 Å². The summed E-state index contributed by atoms with van der Waals surface area (Å²) in [6.45, 7) is 4.41. The summed E-state index contributed by atoms with van der Waals surface area (Å²) in [5.74, 6) is -1.42. The predicted molar refractivity (Wildman–Crippen MR) is 122 cm³/mol. The van der Waals surface area contributed by atoms with E-state index in [0.29, 0.717) is 55.0 Å². The average molecular weight is 467 g/mol. The molecule has 0 unspecified atom stereocenters. The lowest BCUT2D eigenvalue weighted by molar-refractivity contribution is -0.255. The van der Waals surface area contributed by atoms with Crippen molar-refractivity contribution in [3.05, 3.63) is 58.3 Å². The van der Waals surface area contributed by atoms with Crippen molar-refractivity contribution < 1.29 is 14.7 Å². The van der Waals surface area contributed by atoms with Crippen LogP contribution in [0.1, 0.15) is 27.6 Å². The minimum Gasteiger partial charge on any atom is -0.545 e. The molecule has 1 fully saturated rings. The molecule has 170 valence electrons. The molecule has 0 atom stereocenters. The molecular weight excluding hydrogens is 446 g/mol. The number of carboxylic acids is 1. The number of aryl methyl sites for hydroxylation is 1. The van der Waals surface area contributed by atoms with Gasteiger partial charge >= 0.3 is 0 Å². The van der Waals surface area contributed by atoms with Gasteiger partial charge in [-0.3, -0.25) is 19.9 Å². The van der Waals surface area contributed by atoms with Gasteiger partial charge < -0.3 is 24.3 Å². The Bertz CT molecular complexity index is 1290. The van der Waals surface area contributed by atoms with E-state index >= 15 is 0 Å². The third-order valence-electron chi connectivity index (χ3n) is 5.36. The lowest BCUT2D eigenvalue weighted by Crippen LogP contribution is -2.53. The lowest BCUT2D eigenvalue weighted by Gasteiger charge is -2.36. The van der Waals surface area contributed by atoms with Crippen molar-refractivity contribution in [2.24, 2.45) is 0 Å². The summed E-state index contributed by atoms with van der Waals surface area (Å²) in [6.07, 6.45) is 5.66. The van der Waals surface area contributed by atoms with Crippen molar-refractivity contribution in [3.63, 3.8) is 0 Å². The highest BCUT2D eigenvalue weighted by molar-refractivity contribution is 7.80. The number of hydrogen-bond acceptors (Lipinski definition) is 9. The minimum atomic E-state index is -1.53. The number of anilines is 1. The molecular formula is C21H20N7O4S-. The SMILES string of the molecule is CCn1cc(C(=O)[O-])c(=O)c2cnc(N3CCN(C(=S)NC(=O)c4cccnc4)CC3)nc21. The molecule has 0 aromatic carbocycles. The van der Waals surface area contributed by atoms with E-state index in [4.69, 9.17) is 12.2 Å². The van der Waals surface area contributed by atoms with Crippen LogP contribution in [0, 0.1) is 0 Å². The van der Waals surface area contributed by atoms with Crippen LogP contribution >= 0.6 is 12.2 Å². The van der Waals surface area contributed by atoms with Gasteiger partial charge in [0.25, 0.3) is 5.91 Å². The molecule has 4 rings (SSSR count). The number of carboxylic acid groups (broad SMARTS) is 1. The first-order chi connectivity index (χ1) is 15.9. The first kappa shape index (κ1) is 22.3. The normalized spacial score (nSPS) is 13.7. The van der Waals surface area contributed by atoms with E-state index in [0.717, 1.165) is 0 Å².